The minimum absolute atomic E-state index is 0.193. The molecule has 146 valence electrons. The van der Waals surface area contributed by atoms with Crippen molar-refractivity contribution in [3.63, 3.8) is 0 Å². The van der Waals surface area contributed by atoms with Crippen LogP contribution in [0.5, 0.6) is 5.88 Å². The predicted molar refractivity (Wildman–Crippen MR) is 103 cm³/mol. The van der Waals surface area contributed by atoms with E-state index in [-0.39, 0.29) is 13.2 Å². The van der Waals surface area contributed by atoms with Gasteiger partial charge in [-0.25, -0.2) is 14.8 Å². The van der Waals surface area contributed by atoms with Crippen molar-refractivity contribution in [1.29, 1.82) is 0 Å². The van der Waals surface area contributed by atoms with Gasteiger partial charge in [0.2, 0.25) is 5.88 Å². The fraction of sp³-hybridized carbons (Fsp3) is 0.368. The Kier molecular flexibility index (Phi) is 5.25. The molecular weight excluding hydrogens is 380 g/mol. The van der Waals surface area contributed by atoms with Gasteiger partial charge in [-0.3, -0.25) is 10.1 Å². The summed E-state index contributed by atoms with van der Waals surface area (Å²) in [4.78, 5) is 34.6. The molecule has 1 atom stereocenters. The van der Waals surface area contributed by atoms with Crippen LogP contribution in [-0.4, -0.2) is 28.5 Å². The van der Waals surface area contributed by atoms with Crippen molar-refractivity contribution < 1.29 is 18.7 Å². The van der Waals surface area contributed by atoms with E-state index in [2.05, 4.69) is 27.5 Å². The van der Waals surface area contributed by atoms with Crippen LogP contribution in [-0.2, 0) is 24.2 Å². The molecule has 0 unspecified atom stereocenters. The van der Waals surface area contributed by atoms with E-state index in [0.29, 0.717) is 17.6 Å². The van der Waals surface area contributed by atoms with Gasteiger partial charge in [-0.15, -0.1) is 11.3 Å². The van der Waals surface area contributed by atoms with Gasteiger partial charge in [0.15, 0.2) is 6.61 Å². The van der Waals surface area contributed by atoms with Crippen LogP contribution in [0.15, 0.2) is 29.1 Å². The van der Waals surface area contributed by atoms with Crippen molar-refractivity contribution in [3.8, 4) is 5.88 Å². The highest BCUT2D eigenvalue weighted by Gasteiger charge is 2.24. The van der Waals surface area contributed by atoms with Crippen molar-refractivity contribution in [1.82, 2.24) is 20.6 Å². The standard InChI is InChI=1S/C19H20N4O4S/c1-11-4-5-13-14(7-11)28-18-16(13)17(21-10-22-18)27-9-15(24)23-19(25)20-8-12-3-2-6-26-12/h2-3,6,10-11H,4-5,7-9H2,1H3,(H2,20,23,24,25)/t11-/m1/s1. The highest BCUT2D eigenvalue weighted by Crippen LogP contribution is 2.40. The van der Waals surface area contributed by atoms with E-state index in [1.807, 2.05) is 0 Å². The molecule has 3 aromatic rings. The fourth-order valence-corrected chi connectivity index (χ4v) is 4.62. The number of carbonyl (C=O) groups is 2. The molecule has 3 aromatic heterocycles. The molecule has 1 aliphatic carbocycles. The van der Waals surface area contributed by atoms with Gasteiger partial charge in [0, 0.05) is 4.88 Å². The monoisotopic (exact) mass is 400 g/mol. The van der Waals surface area contributed by atoms with Crippen LogP contribution in [0, 0.1) is 5.92 Å². The summed E-state index contributed by atoms with van der Waals surface area (Å²) in [6.07, 6.45) is 6.06. The molecule has 3 amide bonds. The number of rotatable bonds is 5. The van der Waals surface area contributed by atoms with Gasteiger partial charge >= 0.3 is 6.03 Å². The van der Waals surface area contributed by atoms with E-state index in [0.717, 1.165) is 29.5 Å². The zero-order valence-corrected chi connectivity index (χ0v) is 16.2. The Morgan fingerprint density at radius 1 is 1.39 bits per heavy atom. The Bertz CT molecular complexity index is 999. The highest BCUT2D eigenvalue weighted by atomic mass is 32.1. The predicted octanol–water partition coefficient (Wildman–Crippen LogP) is 2.81. The number of fused-ring (bicyclic) bond motifs is 3. The second-order valence-electron chi connectivity index (χ2n) is 6.81. The first-order chi connectivity index (χ1) is 13.6. The Morgan fingerprint density at radius 3 is 3.11 bits per heavy atom. The molecule has 0 radical (unpaired) electrons. The fourth-order valence-electron chi connectivity index (χ4n) is 3.28. The normalized spacial score (nSPS) is 15.8. The van der Waals surface area contributed by atoms with Crippen molar-refractivity contribution in [2.75, 3.05) is 6.61 Å². The number of aromatic nitrogens is 2. The Morgan fingerprint density at radius 2 is 2.29 bits per heavy atom. The second-order valence-corrected chi connectivity index (χ2v) is 7.89. The van der Waals surface area contributed by atoms with Gasteiger partial charge in [0.25, 0.3) is 5.91 Å². The number of hydrogen-bond donors (Lipinski definition) is 2. The average molecular weight is 400 g/mol. The molecule has 0 aromatic carbocycles. The maximum atomic E-state index is 12.0. The number of amides is 3. The molecule has 0 aliphatic heterocycles. The minimum Gasteiger partial charge on any atom is -0.467 e. The zero-order chi connectivity index (χ0) is 19.5. The van der Waals surface area contributed by atoms with Crippen LogP contribution in [0.4, 0.5) is 4.79 Å². The van der Waals surface area contributed by atoms with Gasteiger partial charge < -0.3 is 14.5 Å². The molecule has 28 heavy (non-hydrogen) atoms. The lowest BCUT2D eigenvalue weighted by Crippen LogP contribution is -2.41. The number of furan rings is 1. The van der Waals surface area contributed by atoms with E-state index in [1.54, 1.807) is 23.5 Å². The molecule has 0 bridgehead atoms. The van der Waals surface area contributed by atoms with Crippen LogP contribution in [0.3, 0.4) is 0 Å². The molecule has 2 N–H and O–H groups in total. The van der Waals surface area contributed by atoms with Gasteiger partial charge in [0.05, 0.1) is 18.2 Å². The smallest absolute Gasteiger partial charge is 0.321 e. The number of ether oxygens (including phenoxy) is 1. The van der Waals surface area contributed by atoms with Gasteiger partial charge in [0.1, 0.15) is 16.9 Å². The van der Waals surface area contributed by atoms with E-state index in [4.69, 9.17) is 9.15 Å². The zero-order valence-electron chi connectivity index (χ0n) is 15.4. The summed E-state index contributed by atoms with van der Waals surface area (Å²) in [5, 5.41) is 5.66. The number of carbonyl (C=O) groups excluding carboxylic acids is 2. The Hall–Kier alpha value is -2.94. The van der Waals surface area contributed by atoms with E-state index in [1.165, 1.54) is 23.0 Å². The number of imide groups is 1. The molecule has 1 aliphatic rings. The summed E-state index contributed by atoms with van der Waals surface area (Å²) in [6, 6.07) is 2.84. The first kappa shape index (κ1) is 18.4. The van der Waals surface area contributed by atoms with E-state index < -0.39 is 11.9 Å². The topological polar surface area (TPSA) is 106 Å². The summed E-state index contributed by atoms with van der Waals surface area (Å²) in [7, 11) is 0. The number of aryl methyl sites for hydroxylation is 1. The number of nitrogens with one attached hydrogen (secondary N) is 2. The average Bonchev–Trinajstić information content (AvgIpc) is 3.31. The molecule has 4 rings (SSSR count). The van der Waals surface area contributed by atoms with Crippen molar-refractivity contribution in [3.05, 3.63) is 40.9 Å². The summed E-state index contributed by atoms with van der Waals surface area (Å²) in [6.45, 7) is 2.14. The third-order valence-electron chi connectivity index (χ3n) is 4.65. The third-order valence-corrected chi connectivity index (χ3v) is 5.82. The first-order valence-corrected chi connectivity index (χ1v) is 9.90. The largest absolute Gasteiger partial charge is 0.467 e. The van der Waals surface area contributed by atoms with Crippen LogP contribution in [0.25, 0.3) is 10.2 Å². The number of nitrogens with zero attached hydrogens (tertiary/aromatic N) is 2. The van der Waals surface area contributed by atoms with Crippen LogP contribution < -0.4 is 15.4 Å². The van der Waals surface area contributed by atoms with Gasteiger partial charge in [-0.05, 0) is 42.9 Å². The van der Waals surface area contributed by atoms with Crippen molar-refractivity contribution in [2.24, 2.45) is 5.92 Å². The summed E-state index contributed by atoms with van der Waals surface area (Å²) < 4.78 is 10.7. The lowest BCUT2D eigenvalue weighted by molar-refractivity contribution is -0.122. The summed E-state index contributed by atoms with van der Waals surface area (Å²) >= 11 is 1.66. The maximum absolute atomic E-state index is 12.0. The van der Waals surface area contributed by atoms with E-state index in [9.17, 15) is 9.59 Å². The molecule has 9 heteroatoms. The summed E-state index contributed by atoms with van der Waals surface area (Å²) in [5.41, 5.74) is 1.23. The lowest BCUT2D eigenvalue weighted by Gasteiger charge is -2.18. The van der Waals surface area contributed by atoms with Crippen LogP contribution >= 0.6 is 11.3 Å². The highest BCUT2D eigenvalue weighted by molar-refractivity contribution is 7.18. The van der Waals surface area contributed by atoms with Gasteiger partial charge in [-0.1, -0.05) is 6.92 Å². The molecule has 0 spiro atoms. The molecule has 3 heterocycles. The second kappa shape index (κ2) is 7.97. The Labute approximate surface area is 165 Å². The first-order valence-electron chi connectivity index (χ1n) is 9.08. The van der Waals surface area contributed by atoms with E-state index >= 15 is 0 Å². The molecular formula is C19H20N4O4S. The SMILES string of the molecule is C[C@@H]1CCc2c(sc3ncnc(OCC(=O)NC(=O)NCc4ccco4)c23)C1. The van der Waals surface area contributed by atoms with Crippen molar-refractivity contribution >= 4 is 33.5 Å². The molecule has 0 fully saturated rings. The van der Waals surface area contributed by atoms with Gasteiger partial charge in [-0.2, -0.15) is 0 Å². The minimum atomic E-state index is -0.611. The quantitative estimate of drug-likeness (QED) is 0.682. The number of urea groups is 1. The maximum Gasteiger partial charge on any atom is 0.321 e. The Balaban J connectivity index is 1.37. The summed E-state index contributed by atoms with van der Waals surface area (Å²) in [5.74, 6) is 1.09. The molecule has 0 saturated carbocycles. The number of hydrogen-bond acceptors (Lipinski definition) is 7. The van der Waals surface area contributed by atoms with Crippen molar-refractivity contribution in [2.45, 2.75) is 32.7 Å². The third kappa shape index (κ3) is 3.99. The van der Waals surface area contributed by atoms with Crippen LogP contribution in [0.1, 0.15) is 29.5 Å². The lowest BCUT2D eigenvalue weighted by atomic mass is 9.89. The molecule has 8 nitrogen and oxygen atoms in total. The van der Waals surface area contributed by atoms with Crippen LogP contribution in [0.2, 0.25) is 0 Å². The number of thiophene rings is 1. The molecule has 0 saturated heterocycles.